The van der Waals surface area contributed by atoms with E-state index in [1.165, 1.54) is 0 Å². The fourth-order valence-electron chi connectivity index (χ4n) is 3.74. The molecule has 176 valence electrons. The summed E-state index contributed by atoms with van der Waals surface area (Å²) in [5, 5.41) is 21.2. The van der Waals surface area contributed by atoms with Crippen LogP contribution >= 0.6 is 11.6 Å². The van der Waals surface area contributed by atoms with Crippen molar-refractivity contribution in [3.8, 4) is 5.88 Å². The van der Waals surface area contributed by atoms with Crippen molar-refractivity contribution < 1.29 is 9.84 Å². The predicted molar refractivity (Wildman–Crippen MR) is 127 cm³/mol. The summed E-state index contributed by atoms with van der Waals surface area (Å²) >= 11 is 6.31. The summed E-state index contributed by atoms with van der Waals surface area (Å²) < 4.78 is 9.19. The van der Waals surface area contributed by atoms with Gasteiger partial charge in [0.05, 0.1) is 37.3 Å². The predicted octanol–water partition coefficient (Wildman–Crippen LogP) is 2.54. The molecule has 0 aromatic carbocycles. The third-order valence-electron chi connectivity index (χ3n) is 5.57. The van der Waals surface area contributed by atoms with E-state index in [4.69, 9.17) is 21.4 Å². The second-order valence-electron chi connectivity index (χ2n) is 8.28. The standard InChI is InChI=1S/C22H28ClN7O3/c1-14(2)17-11-19(28(3)27-17)26-16-5-4-7-24-21(16)33-15-6-8-29(13-15)18-12-25-30(9-10-31)22(32)20(18)23/h4-5,7,11-12,14-15,26,31H,6,8-10,13H2,1-3H3/t15-/m1/s1. The molecule has 0 unspecified atom stereocenters. The minimum absolute atomic E-state index is 0.0939. The zero-order chi connectivity index (χ0) is 23.5. The highest BCUT2D eigenvalue weighted by molar-refractivity contribution is 6.33. The highest BCUT2D eigenvalue weighted by Crippen LogP contribution is 2.31. The quantitative estimate of drug-likeness (QED) is 0.513. The average Bonchev–Trinajstić information content (AvgIpc) is 3.40. The van der Waals surface area contributed by atoms with E-state index >= 15 is 0 Å². The van der Waals surface area contributed by atoms with Gasteiger partial charge in [-0.05, 0) is 18.1 Å². The van der Waals surface area contributed by atoms with E-state index < -0.39 is 5.56 Å². The summed E-state index contributed by atoms with van der Waals surface area (Å²) in [6.07, 6.45) is 3.87. The van der Waals surface area contributed by atoms with Gasteiger partial charge in [-0.3, -0.25) is 9.48 Å². The van der Waals surface area contributed by atoms with Crippen molar-refractivity contribution in [2.45, 2.75) is 38.8 Å². The van der Waals surface area contributed by atoms with Crippen LogP contribution in [0.2, 0.25) is 5.02 Å². The van der Waals surface area contributed by atoms with Crippen LogP contribution in [-0.4, -0.2) is 55.5 Å². The molecule has 3 aromatic rings. The summed E-state index contributed by atoms with van der Waals surface area (Å²) in [5.41, 5.74) is 1.91. The van der Waals surface area contributed by atoms with Crippen molar-refractivity contribution in [2.75, 3.05) is 29.9 Å². The highest BCUT2D eigenvalue weighted by Gasteiger charge is 2.28. The molecule has 1 aliphatic rings. The first-order valence-corrected chi connectivity index (χ1v) is 11.3. The molecule has 1 fully saturated rings. The second kappa shape index (κ2) is 9.80. The molecule has 0 aliphatic carbocycles. The monoisotopic (exact) mass is 473 g/mol. The van der Waals surface area contributed by atoms with Gasteiger partial charge in [0.15, 0.2) is 0 Å². The number of hydrogen-bond acceptors (Lipinski definition) is 8. The summed E-state index contributed by atoms with van der Waals surface area (Å²) in [4.78, 5) is 18.8. The first-order valence-electron chi connectivity index (χ1n) is 10.9. The summed E-state index contributed by atoms with van der Waals surface area (Å²) in [5.74, 6) is 1.68. The molecule has 0 spiro atoms. The van der Waals surface area contributed by atoms with E-state index in [0.29, 0.717) is 30.6 Å². The first-order chi connectivity index (χ1) is 15.9. The molecular formula is C22H28ClN7O3. The highest BCUT2D eigenvalue weighted by atomic mass is 35.5. The number of pyridine rings is 1. The van der Waals surface area contributed by atoms with E-state index in [9.17, 15) is 4.79 Å². The maximum Gasteiger partial charge on any atom is 0.287 e. The number of nitrogens with zero attached hydrogens (tertiary/aromatic N) is 6. The zero-order valence-corrected chi connectivity index (χ0v) is 19.7. The second-order valence-corrected chi connectivity index (χ2v) is 8.66. The SMILES string of the molecule is CC(C)c1cc(Nc2cccnc2O[C@@H]2CCN(c3cnn(CCO)c(=O)c3Cl)C2)n(C)n1. The van der Waals surface area contributed by atoms with Gasteiger partial charge >= 0.3 is 0 Å². The minimum atomic E-state index is -0.416. The van der Waals surface area contributed by atoms with Crippen LogP contribution in [0.25, 0.3) is 0 Å². The lowest BCUT2D eigenvalue weighted by molar-refractivity contribution is 0.217. The number of aliphatic hydroxyl groups is 1. The van der Waals surface area contributed by atoms with Crippen molar-refractivity contribution >= 4 is 28.8 Å². The van der Waals surface area contributed by atoms with Gasteiger partial charge in [-0.15, -0.1) is 0 Å². The molecule has 4 heterocycles. The van der Waals surface area contributed by atoms with Gasteiger partial charge < -0.3 is 20.1 Å². The average molecular weight is 474 g/mol. The van der Waals surface area contributed by atoms with Crippen LogP contribution in [0, 0.1) is 0 Å². The van der Waals surface area contributed by atoms with E-state index in [0.717, 1.165) is 28.3 Å². The smallest absolute Gasteiger partial charge is 0.287 e. The number of ether oxygens (including phenoxy) is 1. The third kappa shape index (κ3) is 4.96. The molecule has 33 heavy (non-hydrogen) atoms. The summed E-state index contributed by atoms with van der Waals surface area (Å²) in [7, 11) is 1.89. The zero-order valence-electron chi connectivity index (χ0n) is 18.9. The molecule has 2 N–H and O–H groups in total. The van der Waals surface area contributed by atoms with E-state index in [2.05, 4.69) is 34.3 Å². The Labute approximate surface area is 196 Å². The van der Waals surface area contributed by atoms with Gasteiger partial charge in [-0.1, -0.05) is 25.4 Å². The molecule has 11 heteroatoms. The van der Waals surface area contributed by atoms with Crippen molar-refractivity contribution in [1.29, 1.82) is 0 Å². The molecule has 1 atom stereocenters. The molecule has 3 aromatic heterocycles. The van der Waals surface area contributed by atoms with E-state index in [1.54, 1.807) is 17.1 Å². The summed E-state index contributed by atoms with van der Waals surface area (Å²) in [6.45, 7) is 5.35. The van der Waals surface area contributed by atoms with Gasteiger partial charge in [0.25, 0.3) is 5.56 Å². The molecule has 10 nitrogen and oxygen atoms in total. The van der Waals surface area contributed by atoms with Crippen LogP contribution in [0.3, 0.4) is 0 Å². The Hall–Kier alpha value is -3.11. The van der Waals surface area contributed by atoms with Crippen molar-refractivity contribution in [3.63, 3.8) is 0 Å². The van der Waals surface area contributed by atoms with Gasteiger partial charge in [0.2, 0.25) is 5.88 Å². The summed E-state index contributed by atoms with van der Waals surface area (Å²) in [6, 6.07) is 5.79. The largest absolute Gasteiger partial charge is 0.471 e. The van der Waals surface area contributed by atoms with Gasteiger partial charge in [-0.2, -0.15) is 10.2 Å². The van der Waals surface area contributed by atoms with Gasteiger partial charge in [0, 0.05) is 32.3 Å². The molecular weight excluding hydrogens is 446 g/mol. The Kier molecular flexibility index (Phi) is 6.85. The molecule has 0 bridgehead atoms. The molecule has 0 radical (unpaired) electrons. The van der Waals surface area contributed by atoms with E-state index in [1.807, 2.05) is 30.1 Å². The molecule has 1 aliphatic heterocycles. The number of nitrogens with one attached hydrogen (secondary N) is 1. The number of aromatic nitrogens is 5. The number of rotatable bonds is 8. The Bertz CT molecular complexity index is 1180. The van der Waals surface area contributed by atoms with Crippen LogP contribution in [-0.2, 0) is 13.6 Å². The lowest BCUT2D eigenvalue weighted by Gasteiger charge is -2.20. The molecule has 0 saturated carbocycles. The van der Waals surface area contributed by atoms with Crippen LogP contribution in [0.4, 0.5) is 17.2 Å². The van der Waals surface area contributed by atoms with Crippen molar-refractivity contribution in [3.05, 3.63) is 51.7 Å². The lowest BCUT2D eigenvalue weighted by atomic mass is 10.1. The number of anilines is 3. The fraction of sp³-hybridized carbons (Fsp3) is 0.455. The van der Waals surface area contributed by atoms with Gasteiger partial charge in [-0.25, -0.2) is 9.67 Å². The normalized spacial score (nSPS) is 15.9. The van der Waals surface area contributed by atoms with Gasteiger partial charge in [0.1, 0.15) is 22.6 Å². The molecule has 0 amide bonds. The first kappa shape index (κ1) is 23.1. The number of halogens is 1. The Balaban J connectivity index is 1.47. The number of aryl methyl sites for hydroxylation is 1. The Morgan fingerprint density at radius 1 is 1.39 bits per heavy atom. The van der Waals surface area contributed by atoms with Crippen LogP contribution in [0.15, 0.2) is 35.4 Å². The van der Waals surface area contributed by atoms with E-state index in [-0.39, 0.29) is 24.3 Å². The van der Waals surface area contributed by atoms with Crippen LogP contribution in [0.1, 0.15) is 31.9 Å². The lowest BCUT2D eigenvalue weighted by Crippen LogP contribution is -2.30. The number of aliphatic hydroxyl groups excluding tert-OH is 1. The van der Waals surface area contributed by atoms with Crippen LogP contribution in [0.5, 0.6) is 5.88 Å². The maximum absolute atomic E-state index is 12.4. The molecule has 4 rings (SSSR count). The van der Waals surface area contributed by atoms with Crippen LogP contribution < -0.4 is 20.5 Å². The molecule has 1 saturated heterocycles. The maximum atomic E-state index is 12.4. The van der Waals surface area contributed by atoms with Crippen molar-refractivity contribution in [2.24, 2.45) is 7.05 Å². The fourth-order valence-corrected chi connectivity index (χ4v) is 4.00. The minimum Gasteiger partial charge on any atom is -0.471 e. The third-order valence-corrected chi connectivity index (χ3v) is 5.92. The Morgan fingerprint density at radius 2 is 2.21 bits per heavy atom. The number of hydrogen-bond donors (Lipinski definition) is 2. The topological polar surface area (TPSA) is 110 Å². The van der Waals surface area contributed by atoms with Crippen molar-refractivity contribution in [1.82, 2.24) is 24.5 Å². The Morgan fingerprint density at radius 3 is 2.94 bits per heavy atom.